The van der Waals surface area contributed by atoms with Crippen molar-refractivity contribution in [2.45, 2.75) is 32.8 Å². The molecule has 140 valence electrons. The first-order valence-electron chi connectivity index (χ1n) is 8.97. The molecule has 1 fully saturated rings. The number of carbonyl (C=O) groups excluding carboxylic acids is 1. The number of benzene rings is 1. The minimum Gasteiger partial charge on any atom is -0.457 e. The monoisotopic (exact) mass is 402 g/mol. The Balaban J connectivity index is 1.77. The van der Waals surface area contributed by atoms with Crippen LogP contribution in [0.15, 0.2) is 52.6 Å². The number of nitrogens with one attached hydrogen (secondary N) is 1. The van der Waals surface area contributed by atoms with Crippen LogP contribution in [0.4, 0.5) is 0 Å². The van der Waals surface area contributed by atoms with Crippen LogP contribution in [-0.4, -0.2) is 22.0 Å². The number of hydrogen-bond donors (Lipinski definition) is 1. The highest BCUT2D eigenvalue weighted by molar-refractivity contribution is 6.56. The van der Waals surface area contributed by atoms with E-state index in [1.807, 2.05) is 50.3 Å². The first-order valence-corrected chi connectivity index (χ1v) is 9.73. The van der Waals surface area contributed by atoms with Crippen LogP contribution < -0.4 is 0 Å². The average molecular weight is 403 g/mol. The quantitative estimate of drug-likeness (QED) is 0.681. The predicted molar refractivity (Wildman–Crippen MR) is 108 cm³/mol. The van der Waals surface area contributed by atoms with Crippen LogP contribution in [0.1, 0.15) is 32.5 Å². The summed E-state index contributed by atoms with van der Waals surface area (Å²) in [5, 5.41) is 0. The number of rotatable bonds is 4. The smallest absolute Gasteiger partial charge is 0.309 e. The van der Waals surface area contributed by atoms with Gasteiger partial charge in [-0.1, -0.05) is 55.3 Å². The highest BCUT2D eigenvalue weighted by atomic mass is 35.5. The lowest BCUT2D eigenvalue weighted by Gasteiger charge is -2.37. The largest absolute Gasteiger partial charge is 0.457 e. The molecule has 1 saturated carbocycles. The zero-order valence-electron chi connectivity index (χ0n) is 15.1. The fraction of sp³-hybridized carbons (Fsp3) is 0.333. The molecule has 2 aliphatic rings. The zero-order chi connectivity index (χ0) is 19.2. The van der Waals surface area contributed by atoms with Crippen LogP contribution in [0.5, 0.6) is 0 Å². The molecule has 0 radical (unpaired) electrons. The van der Waals surface area contributed by atoms with Crippen LogP contribution in [0.3, 0.4) is 0 Å². The molecule has 2 aliphatic carbocycles. The molecular formula is C21H20Cl2N2O2. The SMILES string of the molecule is CC1(C)C(C=C(Cl)Cl)=C(c2nc3ccccc3[nH]2)C=CC1OC(=O)C1CC1. The van der Waals surface area contributed by atoms with Gasteiger partial charge in [0.15, 0.2) is 0 Å². The number of para-hydroxylation sites is 2. The van der Waals surface area contributed by atoms with Crippen molar-refractivity contribution in [3.8, 4) is 0 Å². The minimum absolute atomic E-state index is 0.0468. The molecule has 6 heteroatoms. The van der Waals surface area contributed by atoms with Gasteiger partial charge in [0.05, 0.1) is 17.0 Å². The van der Waals surface area contributed by atoms with Gasteiger partial charge in [-0.3, -0.25) is 4.79 Å². The lowest BCUT2D eigenvalue weighted by Crippen LogP contribution is -2.36. The van der Waals surface area contributed by atoms with Crippen LogP contribution in [-0.2, 0) is 9.53 Å². The van der Waals surface area contributed by atoms with Gasteiger partial charge in [0.25, 0.3) is 0 Å². The van der Waals surface area contributed by atoms with Crippen molar-refractivity contribution in [3.05, 3.63) is 58.4 Å². The summed E-state index contributed by atoms with van der Waals surface area (Å²) in [6.07, 6.45) is 7.00. The van der Waals surface area contributed by atoms with Gasteiger partial charge in [0, 0.05) is 11.0 Å². The Kier molecular flexibility index (Phi) is 4.65. The van der Waals surface area contributed by atoms with E-state index in [1.165, 1.54) is 0 Å². The zero-order valence-corrected chi connectivity index (χ0v) is 16.6. The van der Waals surface area contributed by atoms with E-state index in [2.05, 4.69) is 4.98 Å². The third kappa shape index (κ3) is 3.56. The van der Waals surface area contributed by atoms with Crippen molar-refractivity contribution in [2.75, 3.05) is 0 Å². The number of imidazole rings is 1. The topological polar surface area (TPSA) is 55.0 Å². The van der Waals surface area contributed by atoms with E-state index < -0.39 is 11.5 Å². The molecule has 1 N–H and O–H groups in total. The Bertz CT molecular complexity index is 960. The molecule has 0 amide bonds. The first-order chi connectivity index (χ1) is 12.9. The number of aromatic amines is 1. The second-order valence-corrected chi connectivity index (χ2v) is 8.58. The molecule has 1 atom stereocenters. The minimum atomic E-state index is -0.511. The molecule has 0 bridgehead atoms. The Morgan fingerprint density at radius 2 is 2.04 bits per heavy atom. The number of aromatic nitrogens is 2. The summed E-state index contributed by atoms with van der Waals surface area (Å²) in [5.41, 5.74) is 3.08. The number of esters is 1. The number of H-pyrrole nitrogens is 1. The second-order valence-electron chi connectivity index (χ2n) is 7.58. The molecule has 1 aromatic carbocycles. The maximum atomic E-state index is 12.2. The van der Waals surface area contributed by atoms with Gasteiger partial charge in [-0.2, -0.15) is 0 Å². The summed E-state index contributed by atoms with van der Waals surface area (Å²) >= 11 is 12.0. The fourth-order valence-corrected chi connectivity index (χ4v) is 3.62. The summed E-state index contributed by atoms with van der Waals surface area (Å²) in [6.45, 7) is 4.04. The number of fused-ring (bicyclic) bond motifs is 1. The molecule has 0 saturated heterocycles. The third-order valence-corrected chi connectivity index (χ3v) is 5.40. The van der Waals surface area contributed by atoms with E-state index in [9.17, 15) is 4.79 Å². The predicted octanol–water partition coefficient (Wildman–Crippen LogP) is 5.55. The summed E-state index contributed by atoms with van der Waals surface area (Å²) in [5.74, 6) is 0.643. The molecule has 1 aromatic heterocycles. The first kappa shape index (κ1) is 18.3. The van der Waals surface area contributed by atoms with Crippen LogP contribution >= 0.6 is 23.2 Å². The number of carbonyl (C=O) groups is 1. The Morgan fingerprint density at radius 1 is 1.30 bits per heavy atom. The Morgan fingerprint density at radius 3 is 2.70 bits per heavy atom. The molecular weight excluding hydrogens is 383 g/mol. The van der Waals surface area contributed by atoms with Gasteiger partial charge in [-0.05, 0) is 42.7 Å². The van der Waals surface area contributed by atoms with Gasteiger partial charge in [0.2, 0.25) is 0 Å². The number of nitrogens with zero attached hydrogens (tertiary/aromatic N) is 1. The molecule has 27 heavy (non-hydrogen) atoms. The van der Waals surface area contributed by atoms with Crippen molar-refractivity contribution in [2.24, 2.45) is 11.3 Å². The number of hydrogen-bond acceptors (Lipinski definition) is 3. The number of ether oxygens (including phenoxy) is 1. The van der Waals surface area contributed by atoms with E-state index in [0.717, 1.165) is 40.8 Å². The van der Waals surface area contributed by atoms with Crippen molar-refractivity contribution in [1.29, 1.82) is 0 Å². The van der Waals surface area contributed by atoms with Crippen LogP contribution in [0, 0.1) is 11.3 Å². The lowest BCUT2D eigenvalue weighted by atomic mass is 9.73. The van der Waals surface area contributed by atoms with Crippen LogP contribution in [0.2, 0.25) is 0 Å². The standard InChI is InChI=1S/C21H20Cl2N2O2/c1-21(2)14(11-18(22)23)13(9-10-17(21)27-20(26)12-7-8-12)19-24-15-5-3-4-6-16(15)25-19/h3-6,9-12,17H,7-8H2,1-2H3,(H,24,25). The number of allylic oxidation sites excluding steroid dienone is 3. The van der Waals surface area contributed by atoms with E-state index in [-0.39, 0.29) is 16.4 Å². The van der Waals surface area contributed by atoms with Gasteiger partial charge >= 0.3 is 5.97 Å². The van der Waals surface area contributed by atoms with Crippen molar-refractivity contribution < 1.29 is 9.53 Å². The molecule has 0 spiro atoms. The highest BCUT2D eigenvalue weighted by Crippen LogP contribution is 2.44. The fourth-order valence-electron chi connectivity index (χ4n) is 3.40. The maximum Gasteiger partial charge on any atom is 0.309 e. The van der Waals surface area contributed by atoms with E-state index >= 15 is 0 Å². The summed E-state index contributed by atoms with van der Waals surface area (Å²) in [6, 6.07) is 7.85. The van der Waals surface area contributed by atoms with Gasteiger partial charge in [-0.15, -0.1) is 0 Å². The molecule has 2 aromatic rings. The molecule has 4 rings (SSSR count). The Hall–Kier alpha value is -2.04. The van der Waals surface area contributed by atoms with E-state index in [1.54, 1.807) is 6.08 Å². The molecule has 1 heterocycles. The summed E-state index contributed by atoms with van der Waals surface area (Å²) in [4.78, 5) is 20.2. The van der Waals surface area contributed by atoms with Gasteiger partial charge < -0.3 is 9.72 Å². The lowest BCUT2D eigenvalue weighted by molar-refractivity contribution is -0.152. The second kappa shape index (κ2) is 6.84. The third-order valence-electron chi connectivity index (χ3n) is 5.19. The number of halogens is 2. The van der Waals surface area contributed by atoms with Gasteiger partial charge in [-0.25, -0.2) is 4.98 Å². The van der Waals surface area contributed by atoms with E-state index in [0.29, 0.717) is 0 Å². The Labute approximate surface area is 167 Å². The molecule has 4 nitrogen and oxygen atoms in total. The molecule has 1 unspecified atom stereocenters. The maximum absolute atomic E-state index is 12.2. The normalized spacial score (nSPS) is 21.4. The van der Waals surface area contributed by atoms with Gasteiger partial charge in [0.1, 0.15) is 16.4 Å². The van der Waals surface area contributed by atoms with Crippen molar-refractivity contribution in [3.63, 3.8) is 0 Å². The van der Waals surface area contributed by atoms with Crippen molar-refractivity contribution in [1.82, 2.24) is 9.97 Å². The van der Waals surface area contributed by atoms with E-state index in [4.69, 9.17) is 32.9 Å². The average Bonchev–Trinajstić information content (AvgIpc) is 3.37. The summed E-state index contributed by atoms with van der Waals surface area (Å²) in [7, 11) is 0. The molecule has 0 aliphatic heterocycles. The highest BCUT2D eigenvalue weighted by Gasteiger charge is 2.41. The van der Waals surface area contributed by atoms with Crippen molar-refractivity contribution >= 4 is 45.8 Å². The van der Waals surface area contributed by atoms with Crippen LogP contribution in [0.25, 0.3) is 16.6 Å². The summed E-state index contributed by atoms with van der Waals surface area (Å²) < 4.78 is 5.93.